The summed E-state index contributed by atoms with van der Waals surface area (Å²) in [6.45, 7) is 4.62. The smallest absolute Gasteiger partial charge is 0.337 e. The fourth-order valence-electron chi connectivity index (χ4n) is 3.47. The van der Waals surface area contributed by atoms with Crippen molar-refractivity contribution in [2.24, 2.45) is 11.8 Å². The highest BCUT2D eigenvalue weighted by Crippen LogP contribution is 2.38. The van der Waals surface area contributed by atoms with Crippen LogP contribution in [0.25, 0.3) is 10.9 Å². The van der Waals surface area contributed by atoms with Gasteiger partial charge in [0.2, 0.25) is 0 Å². The van der Waals surface area contributed by atoms with Crippen molar-refractivity contribution < 1.29 is 9.90 Å². The number of carbonyl (C=O) groups is 1. The summed E-state index contributed by atoms with van der Waals surface area (Å²) in [6, 6.07) is 7.98. The molecule has 1 aromatic carbocycles. The summed E-state index contributed by atoms with van der Waals surface area (Å²) in [7, 11) is 0. The van der Waals surface area contributed by atoms with E-state index in [1.54, 1.807) is 6.07 Å². The molecular weight excluding hydrogens is 250 g/mol. The van der Waals surface area contributed by atoms with Gasteiger partial charge in [-0.1, -0.05) is 26.0 Å². The normalized spacial score (nSPS) is 26.8. The highest BCUT2D eigenvalue weighted by molar-refractivity contribution is 6.02. The molecule has 0 spiro atoms. The molecule has 0 bridgehead atoms. The first kappa shape index (κ1) is 13.2. The van der Waals surface area contributed by atoms with Gasteiger partial charge in [0.05, 0.1) is 11.1 Å². The van der Waals surface area contributed by atoms with Gasteiger partial charge in [0.25, 0.3) is 0 Å². The molecule has 1 aromatic heterocycles. The van der Waals surface area contributed by atoms with Crippen molar-refractivity contribution >= 4 is 16.9 Å². The molecule has 1 heterocycles. The molecule has 106 valence electrons. The lowest BCUT2D eigenvalue weighted by molar-refractivity contribution is 0.0698. The van der Waals surface area contributed by atoms with Crippen LogP contribution in [-0.4, -0.2) is 15.6 Å². The average Bonchev–Trinajstić information content (AvgIpc) is 2.85. The molecule has 3 rings (SSSR count). The second-order valence-corrected chi connectivity index (χ2v) is 6.19. The number of aromatic nitrogens is 1. The Morgan fingerprint density at radius 3 is 2.70 bits per heavy atom. The van der Waals surface area contributed by atoms with Crippen LogP contribution in [0.3, 0.4) is 0 Å². The molecule has 0 amide bonds. The van der Waals surface area contributed by atoms with Crippen LogP contribution in [-0.2, 0) is 0 Å². The van der Waals surface area contributed by atoms with Gasteiger partial charge in [-0.25, -0.2) is 4.79 Å². The number of carboxylic acid groups (broad SMARTS) is 1. The first-order valence-corrected chi connectivity index (χ1v) is 7.40. The lowest BCUT2D eigenvalue weighted by Crippen LogP contribution is -2.23. The number of nitrogens with zero attached hydrogens (tertiary/aromatic N) is 1. The summed E-state index contributed by atoms with van der Waals surface area (Å²) in [4.78, 5) is 11.5. The van der Waals surface area contributed by atoms with Gasteiger partial charge >= 0.3 is 5.97 Å². The monoisotopic (exact) mass is 271 g/mol. The molecule has 3 unspecified atom stereocenters. The van der Waals surface area contributed by atoms with Crippen molar-refractivity contribution in [3.05, 3.63) is 36.0 Å². The molecule has 3 heteroatoms. The van der Waals surface area contributed by atoms with Crippen LogP contribution >= 0.6 is 0 Å². The molecule has 1 N–H and O–H groups in total. The van der Waals surface area contributed by atoms with Crippen LogP contribution < -0.4 is 0 Å². The van der Waals surface area contributed by atoms with E-state index in [4.69, 9.17) is 0 Å². The minimum absolute atomic E-state index is 0.416. The lowest BCUT2D eigenvalue weighted by atomic mass is 9.79. The summed E-state index contributed by atoms with van der Waals surface area (Å²) < 4.78 is 2.20. The number of hydrogen-bond acceptors (Lipinski definition) is 1. The molecule has 3 nitrogen and oxygen atoms in total. The summed E-state index contributed by atoms with van der Waals surface area (Å²) in [6.07, 6.45) is 5.56. The van der Waals surface area contributed by atoms with Crippen molar-refractivity contribution in [2.75, 3.05) is 0 Å². The number of carboxylic acids is 1. The van der Waals surface area contributed by atoms with Crippen LogP contribution in [0.15, 0.2) is 30.5 Å². The Bertz CT molecular complexity index is 643. The fraction of sp³-hybridized carbons (Fsp3) is 0.471. The highest BCUT2D eigenvalue weighted by Gasteiger charge is 2.27. The summed E-state index contributed by atoms with van der Waals surface area (Å²) in [5.41, 5.74) is 1.30. The molecule has 1 saturated carbocycles. The molecule has 1 aliphatic rings. The Morgan fingerprint density at radius 2 is 2.00 bits per heavy atom. The third kappa shape index (κ3) is 2.11. The maximum absolute atomic E-state index is 11.5. The molecule has 20 heavy (non-hydrogen) atoms. The van der Waals surface area contributed by atoms with Crippen LogP contribution in [0, 0.1) is 11.8 Å². The van der Waals surface area contributed by atoms with Crippen molar-refractivity contribution in [3.8, 4) is 0 Å². The van der Waals surface area contributed by atoms with Gasteiger partial charge in [0.1, 0.15) is 0 Å². The van der Waals surface area contributed by atoms with E-state index < -0.39 is 5.97 Å². The number of fused-ring (bicyclic) bond motifs is 1. The molecule has 3 atom stereocenters. The van der Waals surface area contributed by atoms with Crippen LogP contribution in [0.1, 0.15) is 49.5 Å². The van der Waals surface area contributed by atoms with Crippen molar-refractivity contribution in [2.45, 2.75) is 39.2 Å². The number of rotatable bonds is 2. The van der Waals surface area contributed by atoms with E-state index in [9.17, 15) is 9.90 Å². The SMILES string of the molecule is CC1CCC(n2ccc3cccc(C(=O)O)c32)CC1C. The van der Waals surface area contributed by atoms with E-state index in [0.29, 0.717) is 17.5 Å². The average molecular weight is 271 g/mol. The summed E-state index contributed by atoms with van der Waals surface area (Å²) in [5, 5.41) is 10.4. The minimum Gasteiger partial charge on any atom is -0.478 e. The van der Waals surface area contributed by atoms with Crippen LogP contribution in [0.5, 0.6) is 0 Å². The number of benzene rings is 1. The minimum atomic E-state index is -0.840. The highest BCUT2D eigenvalue weighted by atomic mass is 16.4. The second kappa shape index (κ2) is 4.97. The molecular formula is C17H21NO2. The zero-order valence-electron chi connectivity index (χ0n) is 12.0. The Labute approximate surface area is 119 Å². The zero-order chi connectivity index (χ0) is 14.3. The van der Waals surface area contributed by atoms with E-state index in [-0.39, 0.29) is 0 Å². The van der Waals surface area contributed by atoms with Crippen LogP contribution in [0.4, 0.5) is 0 Å². The van der Waals surface area contributed by atoms with Gasteiger partial charge in [-0.05, 0) is 43.2 Å². The number of para-hydroxylation sites is 1. The Hall–Kier alpha value is -1.77. The third-order valence-corrected chi connectivity index (χ3v) is 4.93. The van der Waals surface area contributed by atoms with Crippen LogP contribution in [0.2, 0.25) is 0 Å². The quantitative estimate of drug-likeness (QED) is 0.883. The van der Waals surface area contributed by atoms with Crippen molar-refractivity contribution in [3.63, 3.8) is 0 Å². The summed E-state index contributed by atoms with van der Waals surface area (Å²) in [5.74, 6) is 0.628. The Balaban J connectivity index is 2.06. The van der Waals surface area contributed by atoms with E-state index >= 15 is 0 Å². The molecule has 0 radical (unpaired) electrons. The molecule has 1 fully saturated rings. The van der Waals surface area contributed by atoms with Gasteiger partial charge in [0.15, 0.2) is 0 Å². The first-order chi connectivity index (χ1) is 9.58. The Morgan fingerprint density at radius 1 is 1.20 bits per heavy atom. The zero-order valence-corrected chi connectivity index (χ0v) is 12.0. The first-order valence-electron chi connectivity index (χ1n) is 7.40. The van der Waals surface area contributed by atoms with Gasteiger partial charge in [-0.2, -0.15) is 0 Å². The van der Waals surface area contributed by atoms with Crippen molar-refractivity contribution in [1.29, 1.82) is 0 Å². The standard InChI is InChI=1S/C17H21NO2/c1-11-6-7-14(10-12(11)2)18-9-8-13-4-3-5-15(16(13)18)17(19)20/h3-5,8-9,11-12,14H,6-7,10H2,1-2H3,(H,19,20). The van der Waals surface area contributed by atoms with E-state index in [0.717, 1.165) is 29.7 Å². The summed E-state index contributed by atoms with van der Waals surface area (Å²) >= 11 is 0. The van der Waals surface area contributed by atoms with Crippen molar-refractivity contribution in [1.82, 2.24) is 4.57 Å². The predicted molar refractivity (Wildman–Crippen MR) is 80.1 cm³/mol. The van der Waals surface area contributed by atoms with Gasteiger partial charge in [-0.3, -0.25) is 0 Å². The van der Waals surface area contributed by atoms with E-state index in [2.05, 4.69) is 24.6 Å². The molecule has 0 aliphatic heterocycles. The molecule has 1 aliphatic carbocycles. The number of hydrogen-bond donors (Lipinski definition) is 1. The maximum Gasteiger partial charge on any atom is 0.337 e. The molecule has 0 saturated heterocycles. The maximum atomic E-state index is 11.5. The largest absolute Gasteiger partial charge is 0.478 e. The third-order valence-electron chi connectivity index (χ3n) is 4.93. The fourth-order valence-corrected chi connectivity index (χ4v) is 3.47. The second-order valence-electron chi connectivity index (χ2n) is 6.19. The van der Waals surface area contributed by atoms with E-state index in [1.807, 2.05) is 18.2 Å². The van der Waals surface area contributed by atoms with Gasteiger partial charge in [0, 0.05) is 17.6 Å². The number of aromatic carboxylic acids is 1. The lowest BCUT2D eigenvalue weighted by Gasteiger charge is -2.33. The van der Waals surface area contributed by atoms with E-state index in [1.165, 1.54) is 6.42 Å². The predicted octanol–water partition coefficient (Wildman–Crippen LogP) is 4.34. The van der Waals surface area contributed by atoms with Gasteiger partial charge < -0.3 is 9.67 Å². The van der Waals surface area contributed by atoms with Gasteiger partial charge in [-0.15, -0.1) is 0 Å². The Kier molecular flexibility index (Phi) is 3.28. The molecule has 2 aromatic rings. The topological polar surface area (TPSA) is 42.2 Å².